The first-order valence-electron chi connectivity index (χ1n) is 16.6. The molecule has 0 aromatic heterocycles. The van der Waals surface area contributed by atoms with Crippen LogP contribution in [0.5, 0.6) is 0 Å². The topological polar surface area (TPSA) is 193 Å². The van der Waals surface area contributed by atoms with Crippen molar-refractivity contribution in [3.8, 4) is 0 Å². The molecule has 2 saturated carbocycles. The van der Waals surface area contributed by atoms with E-state index < -0.39 is 98.0 Å². The molecule has 0 bridgehead atoms. The van der Waals surface area contributed by atoms with Crippen molar-refractivity contribution in [2.24, 2.45) is 11.8 Å². The summed E-state index contributed by atoms with van der Waals surface area (Å²) < 4.78 is 58.3. The molecule has 2 aliphatic heterocycles. The number of hydrogen-bond acceptors (Lipinski definition) is 11. The van der Waals surface area contributed by atoms with Crippen LogP contribution in [-0.2, 0) is 33.3 Å². The van der Waals surface area contributed by atoms with E-state index in [-0.39, 0.29) is 18.3 Å². The quantitative estimate of drug-likeness (QED) is 0.176. The minimum atomic E-state index is -3.20. The number of aliphatic hydroxyl groups excluding tert-OH is 4. The number of halogens is 2. The highest BCUT2D eigenvalue weighted by molar-refractivity contribution is 5.73. The molecule has 2 aliphatic carbocycles. The molecule has 13 nitrogen and oxygen atoms in total. The van der Waals surface area contributed by atoms with E-state index in [1.54, 1.807) is 0 Å². The fourth-order valence-corrected chi connectivity index (χ4v) is 7.33. The van der Waals surface area contributed by atoms with Gasteiger partial charge in [0.05, 0.1) is 18.3 Å². The van der Waals surface area contributed by atoms with Crippen LogP contribution in [0.4, 0.5) is 8.78 Å². The second kappa shape index (κ2) is 16.7. The number of ether oxygens (including phenoxy) is 5. The number of nitrogens with one attached hydrogen (secondary N) is 1. The van der Waals surface area contributed by atoms with Gasteiger partial charge in [-0.15, -0.1) is 0 Å². The van der Waals surface area contributed by atoms with Crippen LogP contribution in [0.15, 0.2) is 0 Å². The second-order valence-corrected chi connectivity index (χ2v) is 13.2. The highest BCUT2D eigenvalue weighted by Crippen LogP contribution is 2.38. The Labute approximate surface area is 267 Å². The lowest BCUT2D eigenvalue weighted by Gasteiger charge is -2.48. The van der Waals surface area contributed by atoms with Crippen molar-refractivity contribution in [3.05, 3.63) is 0 Å². The normalized spacial score (nSPS) is 41.7. The summed E-state index contributed by atoms with van der Waals surface area (Å²) in [7, 11) is 0. The van der Waals surface area contributed by atoms with Crippen LogP contribution in [0.25, 0.3) is 0 Å². The van der Waals surface area contributed by atoms with Gasteiger partial charge < -0.3 is 54.5 Å². The van der Waals surface area contributed by atoms with E-state index in [0.29, 0.717) is 25.7 Å². The van der Waals surface area contributed by atoms with Crippen molar-refractivity contribution in [1.82, 2.24) is 5.32 Å². The smallest absolute Gasteiger partial charge is 0.332 e. The van der Waals surface area contributed by atoms with Crippen LogP contribution in [0, 0.1) is 11.8 Å². The lowest BCUT2D eigenvalue weighted by Crippen LogP contribution is -2.67. The molecule has 0 spiro atoms. The molecule has 1 amide bonds. The number of rotatable bonds is 12. The van der Waals surface area contributed by atoms with Crippen LogP contribution in [0.3, 0.4) is 0 Å². The van der Waals surface area contributed by atoms with E-state index in [1.165, 1.54) is 13.8 Å². The van der Waals surface area contributed by atoms with Crippen molar-refractivity contribution >= 4 is 11.9 Å². The summed E-state index contributed by atoms with van der Waals surface area (Å²) in [5.41, 5.74) is 0. The Morgan fingerprint density at radius 2 is 1.57 bits per heavy atom. The van der Waals surface area contributed by atoms with E-state index >= 15 is 0 Å². The Morgan fingerprint density at radius 1 is 0.870 bits per heavy atom. The summed E-state index contributed by atoms with van der Waals surface area (Å²) in [6.45, 7) is 4.62. The molecule has 4 rings (SSSR count). The molecule has 14 atom stereocenters. The minimum Gasteiger partial charge on any atom is -0.479 e. The zero-order valence-electron chi connectivity index (χ0n) is 26.7. The summed E-state index contributed by atoms with van der Waals surface area (Å²) in [6.07, 6.45) is -13.2. The lowest BCUT2D eigenvalue weighted by atomic mass is 9.82. The van der Waals surface area contributed by atoms with Crippen molar-refractivity contribution in [3.63, 3.8) is 0 Å². The van der Waals surface area contributed by atoms with Gasteiger partial charge in [0.1, 0.15) is 42.7 Å². The molecule has 6 N–H and O–H groups in total. The molecule has 4 aliphatic rings. The minimum absolute atomic E-state index is 0.0508. The van der Waals surface area contributed by atoms with Gasteiger partial charge in [-0.2, -0.15) is 0 Å². The lowest BCUT2D eigenvalue weighted by molar-refractivity contribution is -0.341. The van der Waals surface area contributed by atoms with Gasteiger partial charge in [-0.05, 0) is 38.0 Å². The molecular weight excluding hydrogens is 616 g/mol. The highest BCUT2D eigenvalue weighted by Gasteiger charge is 2.53. The second-order valence-electron chi connectivity index (χ2n) is 13.2. The van der Waals surface area contributed by atoms with Gasteiger partial charge in [-0.1, -0.05) is 51.9 Å². The number of alkyl halides is 2. The zero-order chi connectivity index (χ0) is 33.7. The van der Waals surface area contributed by atoms with Crippen LogP contribution >= 0.6 is 0 Å². The maximum absolute atomic E-state index is 14.3. The Hall–Kier alpha value is -1.56. The average Bonchev–Trinajstić information content (AvgIpc) is 3.01. The predicted octanol–water partition coefficient (Wildman–Crippen LogP) is 1.46. The number of carbonyl (C=O) groups excluding carboxylic acids is 1. The molecule has 46 heavy (non-hydrogen) atoms. The average molecular weight is 668 g/mol. The number of carbonyl (C=O) groups is 2. The fourth-order valence-electron chi connectivity index (χ4n) is 7.33. The van der Waals surface area contributed by atoms with Gasteiger partial charge in [-0.25, -0.2) is 13.6 Å². The SMILES string of the molecule is CCC1CCC[C@@H](O[C@@H]2O[C@@H](C(F)F)[C@H](O)C(O[C@@H](CC3CCCCC3)C(=O)O)C2NC(C)=O)C1OC1O[C@@H](C)C(O)[C@H](O)[C@@H]1O. The van der Waals surface area contributed by atoms with Crippen LogP contribution in [-0.4, -0.2) is 123 Å². The molecule has 2 heterocycles. The number of carboxylic acid groups (broad SMARTS) is 1. The number of aliphatic carboxylic acids is 1. The van der Waals surface area contributed by atoms with E-state index in [0.717, 1.165) is 32.1 Å². The van der Waals surface area contributed by atoms with E-state index in [9.17, 15) is 43.9 Å². The van der Waals surface area contributed by atoms with Gasteiger partial charge in [-0.3, -0.25) is 4.79 Å². The van der Waals surface area contributed by atoms with Crippen LogP contribution in [0.1, 0.15) is 85.0 Å². The standard InChI is InChI=1S/C31H51F2NO12/c1-4-17-11-8-12-18(25(17)45-31-23(38)22(37)21(36)14(2)42-31)44-30-20(34-15(3)35)26(24(39)27(46-30)28(32)33)43-19(29(40)41)13-16-9-6-5-7-10-16/h14,16-28,30-31,36-39H,4-13H2,1-3H3,(H,34,35)(H,40,41)/t14-,17?,18+,19-,20?,21?,22-,23-,24+,25?,26?,27+,30+,31?/m0/s1. The van der Waals surface area contributed by atoms with E-state index in [1.807, 2.05) is 6.92 Å². The fraction of sp³-hybridized carbons (Fsp3) is 0.935. The Kier molecular flexibility index (Phi) is 13.5. The Balaban J connectivity index is 1.60. The first kappa shape index (κ1) is 37.3. The van der Waals surface area contributed by atoms with Gasteiger partial charge in [0.15, 0.2) is 18.7 Å². The summed E-state index contributed by atoms with van der Waals surface area (Å²) >= 11 is 0. The maximum Gasteiger partial charge on any atom is 0.332 e. The number of carboxylic acids is 1. The molecule has 4 fully saturated rings. The molecular formula is C31H51F2NO12. The molecule has 15 heteroatoms. The summed E-state index contributed by atoms with van der Waals surface area (Å²) in [4.78, 5) is 24.7. The number of amides is 1. The first-order valence-corrected chi connectivity index (χ1v) is 16.6. The zero-order valence-corrected chi connectivity index (χ0v) is 26.7. The van der Waals surface area contributed by atoms with Crippen molar-refractivity contribution < 1.29 is 67.6 Å². The van der Waals surface area contributed by atoms with Crippen LogP contribution in [0.2, 0.25) is 0 Å². The van der Waals surface area contributed by atoms with Crippen LogP contribution < -0.4 is 5.32 Å². The Morgan fingerprint density at radius 3 is 2.17 bits per heavy atom. The molecule has 0 aromatic rings. The molecule has 2 saturated heterocycles. The Bertz CT molecular complexity index is 989. The first-order chi connectivity index (χ1) is 21.8. The van der Waals surface area contributed by atoms with Crippen molar-refractivity contribution in [2.75, 3.05) is 0 Å². The van der Waals surface area contributed by atoms with Gasteiger partial charge in [0.2, 0.25) is 5.91 Å². The monoisotopic (exact) mass is 667 g/mol. The van der Waals surface area contributed by atoms with Gasteiger partial charge in [0, 0.05) is 6.92 Å². The predicted molar refractivity (Wildman–Crippen MR) is 155 cm³/mol. The van der Waals surface area contributed by atoms with Crippen molar-refractivity contribution in [1.29, 1.82) is 0 Å². The highest BCUT2D eigenvalue weighted by atomic mass is 19.3. The maximum atomic E-state index is 14.3. The molecule has 0 aromatic carbocycles. The summed E-state index contributed by atoms with van der Waals surface area (Å²) in [5, 5.41) is 54.7. The van der Waals surface area contributed by atoms with Gasteiger partial charge >= 0.3 is 5.97 Å². The molecule has 266 valence electrons. The molecule has 0 radical (unpaired) electrons. The van der Waals surface area contributed by atoms with E-state index in [2.05, 4.69) is 5.32 Å². The summed E-state index contributed by atoms with van der Waals surface area (Å²) in [5.74, 6) is -2.02. The van der Waals surface area contributed by atoms with Crippen molar-refractivity contribution in [2.45, 2.75) is 171 Å². The van der Waals surface area contributed by atoms with E-state index in [4.69, 9.17) is 23.7 Å². The third-order valence-electron chi connectivity index (χ3n) is 9.93. The molecule has 6 unspecified atom stereocenters. The number of hydrogen-bond donors (Lipinski definition) is 6. The largest absolute Gasteiger partial charge is 0.479 e. The third-order valence-corrected chi connectivity index (χ3v) is 9.93. The number of aliphatic hydroxyl groups is 4. The summed E-state index contributed by atoms with van der Waals surface area (Å²) in [6, 6.07) is -1.37. The van der Waals surface area contributed by atoms with Gasteiger partial charge in [0.25, 0.3) is 6.43 Å². The third kappa shape index (κ3) is 8.91.